The highest BCUT2D eigenvalue weighted by atomic mass is 35.5. The highest BCUT2D eigenvalue weighted by Gasteiger charge is 2.70. The van der Waals surface area contributed by atoms with E-state index < -0.39 is 89.1 Å². The van der Waals surface area contributed by atoms with Crippen LogP contribution in [0.1, 0.15) is 40.5 Å². The van der Waals surface area contributed by atoms with Crippen LogP contribution in [0, 0.1) is 29.1 Å². The van der Waals surface area contributed by atoms with Crippen LogP contribution in [0.25, 0.3) is 0 Å². The Labute approximate surface area is 236 Å². The number of nitrogens with zero attached hydrogens (tertiary/aromatic N) is 2. The quantitative estimate of drug-likeness (QED) is 0.206. The summed E-state index contributed by atoms with van der Waals surface area (Å²) in [7, 11) is 0. The summed E-state index contributed by atoms with van der Waals surface area (Å²) in [5, 5.41) is 4.60. The number of hydrogen-bond donors (Lipinski definition) is 3. The van der Waals surface area contributed by atoms with Crippen molar-refractivity contribution in [2.75, 3.05) is 19.6 Å². The summed E-state index contributed by atoms with van der Waals surface area (Å²) in [5.74, 6) is -14.8. The molecule has 2 saturated heterocycles. The van der Waals surface area contributed by atoms with Crippen LogP contribution >= 0.6 is 11.6 Å². The normalized spacial score (nSPS) is 27.3. The predicted octanol–water partition coefficient (Wildman–Crippen LogP) is 1.73. The number of halogens is 7. The maximum atomic E-state index is 13.8. The molecule has 0 aromatic rings. The Balaban J connectivity index is 1.88. The van der Waals surface area contributed by atoms with Crippen LogP contribution in [-0.4, -0.2) is 88.9 Å². The standard InChI is InChI=1S/C24H32ClF6N5O5/c1-5-10(2)14(33-21(41)23(27,28)24(29,30)31)19(39)35-9-12-13(22(12,3)4)15(35)18(38)34-36(20(40)16(25)26)8-11-6-7-32-17(11)37/h10-16H,5-9H2,1-4H3,(H,32,37)(H,33,41)(H,34,38)/t10?,11-,12-,13-,14?,15-,16?/m0/s1. The molecule has 2 aliphatic heterocycles. The molecule has 7 atom stereocenters. The molecule has 3 unspecified atom stereocenters. The van der Waals surface area contributed by atoms with Gasteiger partial charge in [0.25, 0.3) is 17.4 Å². The van der Waals surface area contributed by atoms with E-state index in [-0.39, 0.29) is 25.3 Å². The molecular formula is C24H32ClF6N5O5. The maximum absolute atomic E-state index is 13.8. The lowest BCUT2D eigenvalue weighted by atomic mass is 9.95. The fourth-order valence-corrected chi connectivity index (χ4v) is 5.70. The molecule has 3 fully saturated rings. The first kappa shape index (κ1) is 32.7. The lowest BCUT2D eigenvalue weighted by Gasteiger charge is -2.36. The van der Waals surface area contributed by atoms with Gasteiger partial charge in [-0.25, -0.2) is 9.40 Å². The molecule has 0 radical (unpaired) electrons. The Morgan fingerprint density at radius 3 is 2.29 bits per heavy atom. The van der Waals surface area contributed by atoms with Crippen molar-refractivity contribution < 1.29 is 50.3 Å². The van der Waals surface area contributed by atoms with Gasteiger partial charge in [0.1, 0.15) is 12.1 Å². The molecule has 3 aliphatic rings. The minimum absolute atomic E-state index is 0.0900. The van der Waals surface area contributed by atoms with Gasteiger partial charge in [0.15, 0.2) is 0 Å². The molecule has 0 aromatic carbocycles. The molecule has 10 nitrogen and oxygen atoms in total. The number of fused-ring (bicyclic) bond motifs is 1. The van der Waals surface area contributed by atoms with E-state index in [1.807, 2.05) is 0 Å². The number of carbonyl (C=O) groups excluding carboxylic acids is 5. The number of rotatable bonds is 9. The zero-order valence-electron chi connectivity index (χ0n) is 22.7. The summed E-state index contributed by atoms with van der Waals surface area (Å²) in [5.41, 5.74) is -0.846. The van der Waals surface area contributed by atoms with Gasteiger partial charge in [0.2, 0.25) is 11.8 Å². The lowest BCUT2D eigenvalue weighted by Crippen LogP contribution is -2.62. The van der Waals surface area contributed by atoms with Gasteiger partial charge in [-0.05, 0) is 29.6 Å². The van der Waals surface area contributed by atoms with Gasteiger partial charge in [-0.3, -0.25) is 29.4 Å². The summed E-state index contributed by atoms with van der Waals surface area (Å²) in [4.78, 5) is 64.5. The van der Waals surface area contributed by atoms with Crippen LogP contribution in [0.5, 0.6) is 0 Å². The van der Waals surface area contributed by atoms with E-state index in [0.29, 0.717) is 11.6 Å². The number of likely N-dealkylation sites (tertiary alicyclic amines) is 1. The molecule has 0 bridgehead atoms. The fraction of sp³-hybridized carbons (Fsp3) is 0.792. The second-order valence-corrected chi connectivity index (χ2v) is 11.7. The molecule has 3 N–H and O–H groups in total. The fourth-order valence-electron chi connectivity index (χ4n) is 5.58. The minimum atomic E-state index is -6.20. The summed E-state index contributed by atoms with van der Waals surface area (Å²) in [6, 6.07) is -3.19. The Morgan fingerprint density at radius 2 is 1.80 bits per heavy atom. The zero-order chi connectivity index (χ0) is 31.2. The molecule has 3 rings (SSSR count). The maximum Gasteiger partial charge on any atom is 0.463 e. The van der Waals surface area contributed by atoms with Crippen LogP contribution in [0.3, 0.4) is 0 Å². The minimum Gasteiger partial charge on any atom is -0.356 e. The third kappa shape index (κ3) is 6.21. The Kier molecular flexibility index (Phi) is 9.16. The SMILES string of the molecule is CCC(C)C(NC(=O)C(F)(F)C(F)(F)F)C(=O)N1C[C@H]2[C@@H]([C@H]1C(=O)NN(C[C@@H]1CCNC1=O)C(=O)C(F)Cl)C2(C)C. The topological polar surface area (TPSA) is 128 Å². The van der Waals surface area contributed by atoms with Crippen LogP contribution in [0.15, 0.2) is 0 Å². The molecule has 0 aromatic heterocycles. The highest BCUT2D eigenvalue weighted by molar-refractivity contribution is 6.29. The molecular weight excluding hydrogens is 588 g/mol. The van der Waals surface area contributed by atoms with Crippen LogP contribution in [0.4, 0.5) is 26.3 Å². The van der Waals surface area contributed by atoms with Crippen molar-refractivity contribution in [1.82, 2.24) is 26.0 Å². The van der Waals surface area contributed by atoms with Crippen molar-refractivity contribution in [1.29, 1.82) is 0 Å². The molecule has 41 heavy (non-hydrogen) atoms. The van der Waals surface area contributed by atoms with Crippen LogP contribution in [-0.2, 0) is 24.0 Å². The van der Waals surface area contributed by atoms with E-state index in [9.17, 15) is 50.3 Å². The third-order valence-corrected chi connectivity index (χ3v) is 8.62. The third-order valence-electron chi connectivity index (χ3n) is 8.43. The first-order chi connectivity index (χ1) is 18.8. The van der Waals surface area contributed by atoms with Gasteiger partial charge < -0.3 is 15.5 Å². The number of hydrogen-bond acceptors (Lipinski definition) is 5. The summed E-state index contributed by atoms with van der Waals surface area (Å²) >= 11 is 5.30. The van der Waals surface area contributed by atoms with E-state index >= 15 is 0 Å². The van der Waals surface area contributed by atoms with Crippen molar-refractivity contribution in [2.45, 2.75) is 70.3 Å². The van der Waals surface area contributed by atoms with Gasteiger partial charge in [-0.15, -0.1) is 0 Å². The lowest BCUT2D eigenvalue weighted by molar-refractivity contribution is -0.270. The van der Waals surface area contributed by atoms with Gasteiger partial charge in [0, 0.05) is 13.1 Å². The van der Waals surface area contributed by atoms with Gasteiger partial charge in [0.05, 0.1) is 12.5 Å². The second-order valence-electron chi connectivity index (χ2n) is 11.3. The van der Waals surface area contributed by atoms with Crippen LogP contribution in [0.2, 0.25) is 0 Å². The average molecular weight is 620 g/mol. The van der Waals surface area contributed by atoms with Crippen molar-refractivity contribution in [3.8, 4) is 0 Å². The molecule has 17 heteroatoms. The smallest absolute Gasteiger partial charge is 0.356 e. The van der Waals surface area contributed by atoms with Crippen LogP contribution < -0.4 is 16.1 Å². The Morgan fingerprint density at radius 1 is 1.20 bits per heavy atom. The average Bonchev–Trinajstić information content (AvgIpc) is 3.22. The van der Waals surface area contributed by atoms with Crippen molar-refractivity contribution in [3.05, 3.63) is 0 Å². The molecule has 5 amide bonds. The number of hydrazine groups is 1. The monoisotopic (exact) mass is 619 g/mol. The summed E-state index contributed by atoms with van der Waals surface area (Å²) < 4.78 is 79.6. The first-order valence-electron chi connectivity index (χ1n) is 13.0. The van der Waals surface area contributed by atoms with Gasteiger partial charge >= 0.3 is 18.0 Å². The molecule has 232 valence electrons. The van der Waals surface area contributed by atoms with Gasteiger partial charge in [-0.2, -0.15) is 22.0 Å². The Hall–Kier alpha value is -2.78. The highest BCUT2D eigenvalue weighted by Crippen LogP contribution is 2.65. The zero-order valence-corrected chi connectivity index (χ0v) is 23.4. The van der Waals surface area contributed by atoms with E-state index in [0.717, 1.165) is 4.90 Å². The van der Waals surface area contributed by atoms with E-state index in [2.05, 4.69) is 10.7 Å². The van der Waals surface area contributed by atoms with Gasteiger partial charge in [-0.1, -0.05) is 45.7 Å². The number of alkyl halides is 7. The summed E-state index contributed by atoms with van der Waals surface area (Å²) in [6.07, 6.45) is -5.83. The first-order valence-corrected chi connectivity index (χ1v) is 13.4. The molecule has 0 spiro atoms. The number of nitrogens with one attached hydrogen (secondary N) is 3. The second kappa shape index (κ2) is 11.5. The van der Waals surface area contributed by atoms with E-state index in [1.165, 1.54) is 19.2 Å². The van der Waals surface area contributed by atoms with Crippen molar-refractivity contribution >= 4 is 41.1 Å². The largest absolute Gasteiger partial charge is 0.463 e. The molecule has 2 heterocycles. The molecule has 1 aliphatic carbocycles. The number of amides is 5. The van der Waals surface area contributed by atoms with Crippen molar-refractivity contribution in [3.63, 3.8) is 0 Å². The molecule has 1 saturated carbocycles. The van der Waals surface area contributed by atoms with E-state index in [1.54, 1.807) is 13.8 Å². The number of piperidine rings is 1. The van der Waals surface area contributed by atoms with Crippen molar-refractivity contribution in [2.24, 2.45) is 29.1 Å². The summed E-state index contributed by atoms with van der Waals surface area (Å²) in [6.45, 7) is 6.25. The predicted molar refractivity (Wildman–Crippen MR) is 130 cm³/mol. The number of carbonyl (C=O) groups is 5. The van der Waals surface area contributed by atoms with E-state index in [4.69, 9.17) is 11.6 Å². The Bertz CT molecular complexity index is 1090.